The van der Waals surface area contributed by atoms with Gasteiger partial charge in [0.2, 0.25) is 0 Å². The van der Waals surface area contributed by atoms with Crippen molar-refractivity contribution in [2.24, 2.45) is 10.8 Å². The van der Waals surface area contributed by atoms with Crippen molar-refractivity contribution < 1.29 is 9.90 Å². The second-order valence-electron chi connectivity index (χ2n) is 5.60. The Morgan fingerprint density at radius 1 is 1.33 bits per heavy atom. The highest BCUT2D eigenvalue weighted by molar-refractivity contribution is 5.74. The van der Waals surface area contributed by atoms with Crippen molar-refractivity contribution >= 4 is 5.97 Å². The minimum absolute atomic E-state index is 0.381. The molecule has 1 rings (SSSR count). The van der Waals surface area contributed by atoms with Crippen LogP contribution >= 0.6 is 0 Å². The molecule has 3 nitrogen and oxygen atoms in total. The van der Waals surface area contributed by atoms with Crippen LogP contribution < -0.4 is 0 Å². The lowest BCUT2D eigenvalue weighted by atomic mass is 9.77. The molecule has 0 spiro atoms. The number of carboxylic acids is 1. The van der Waals surface area contributed by atoms with Crippen LogP contribution in [0.1, 0.15) is 40.5 Å². The number of likely N-dealkylation sites (tertiary alicyclic amines) is 1. The first-order chi connectivity index (χ1) is 6.85. The van der Waals surface area contributed by atoms with Crippen molar-refractivity contribution in [1.82, 2.24) is 4.90 Å². The molecule has 0 aromatic rings. The van der Waals surface area contributed by atoms with Crippen LogP contribution in [0, 0.1) is 10.8 Å². The van der Waals surface area contributed by atoms with Crippen LogP contribution in [0.15, 0.2) is 0 Å². The average Bonchev–Trinajstić information content (AvgIpc) is 2.10. The predicted octanol–water partition coefficient (Wildman–Crippen LogP) is 2.22. The first-order valence-corrected chi connectivity index (χ1v) is 5.81. The zero-order valence-corrected chi connectivity index (χ0v) is 10.3. The zero-order chi connectivity index (χ0) is 11.7. The lowest BCUT2D eigenvalue weighted by molar-refractivity contribution is -0.153. The molecule has 0 aromatic heterocycles. The van der Waals surface area contributed by atoms with Gasteiger partial charge < -0.3 is 10.0 Å². The second-order valence-corrected chi connectivity index (χ2v) is 5.60. The zero-order valence-electron chi connectivity index (χ0n) is 10.3. The molecular formula is C12H23NO2. The molecule has 0 amide bonds. The number of hydrogen-bond acceptors (Lipinski definition) is 2. The molecule has 0 aromatic carbocycles. The summed E-state index contributed by atoms with van der Waals surface area (Å²) in [5.41, 5.74) is -0.151. The lowest BCUT2D eigenvalue weighted by Gasteiger charge is -2.49. The van der Waals surface area contributed by atoms with Crippen molar-refractivity contribution in [1.29, 1.82) is 0 Å². The monoisotopic (exact) mass is 213 g/mol. The number of carboxylic acid groups (broad SMARTS) is 1. The van der Waals surface area contributed by atoms with Crippen molar-refractivity contribution in [3.63, 3.8) is 0 Å². The third-order valence-corrected chi connectivity index (χ3v) is 3.64. The van der Waals surface area contributed by atoms with E-state index in [2.05, 4.69) is 18.7 Å². The number of aliphatic carboxylic acids is 1. The van der Waals surface area contributed by atoms with E-state index in [1.54, 1.807) is 0 Å². The van der Waals surface area contributed by atoms with Crippen molar-refractivity contribution in [3.05, 3.63) is 0 Å². The van der Waals surface area contributed by atoms with Crippen molar-refractivity contribution in [2.45, 2.75) is 40.5 Å². The molecule has 1 aliphatic rings. The van der Waals surface area contributed by atoms with Gasteiger partial charge in [-0.15, -0.1) is 0 Å². The largest absolute Gasteiger partial charge is 0.481 e. The Morgan fingerprint density at radius 2 is 1.80 bits per heavy atom. The van der Waals surface area contributed by atoms with Crippen LogP contribution in [0.25, 0.3) is 0 Å². The van der Waals surface area contributed by atoms with Crippen LogP contribution in [0.3, 0.4) is 0 Å². The molecule has 1 saturated heterocycles. The summed E-state index contributed by atoms with van der Waals surface area (Å²) in [6.07, 6.45) is 1.44. The molecule has 88 valence electrons. The maximum absolute atomic E-state index is 11.3. The molecule has 0 radical (unpaired) electrons. The van der Waals surface area contributed by atoms with Crippen LogP contribution in [0.5, 0.6) is 0 Å². The van der Waals surface area contributed by atoms with E-state index in [1.165, 1.54) is 0 Å². The van der Waals surface area contributed by atoms with Crippen LogP contribution in [0.2, 0.25) is 0 Å². The Bertz CT molecular complexity index is 236. The summed E-state index contributed by atoms with van der Waals surface area (Å²) in [5, 5.41) is 9.30. The molecule has 1 fully saturated rings. The molecular weight excluding hydrogens is 190 g/mol. The molecule has 0 atom stereocenters. The highest BCUT2D eigenvalue weighted by Gasteiger charge is 2.42. The molecule has 15 heavy (non-hydrogen) atoms. The van der Waals surface area contributed by atoms with Crippen LogP contribution in [-0.4, -0.2) is 35.6 Å². The number of hydrogen-bond donors (Lipinski definition) is 1. The molecule has 0 saturated carbocycles. The molecule has 1 aliphatic heterocycles. The van der Waals surface area contributed by atoms with Gasteiger partial charge >= 0.3 is 5.97 Å². The van der Waals surface area contributed by atoms with Gasteiger partial charge in [-0.1, -0.05) is 27.7 Å². The smallest absolute Gasteiger partial charge is 0.310 e. The van der Waals surface area contributed by atoms with E-state index in [-0.39, 0.29) is 0 Å². The summed E-state index contributed by atoms with van der Waals surface area (Å²) >= 11 is 0. The topological polar surface area (TPSA) is 40.5 Å². The summed E-state index contributed by atoms with van der Waals surface area (Å²) in [6.45, 7) is 11.2. The third kappa shape index (κ3) is 2.51. The van der Waals surface area contributed by atoms with E-state index in [4.69, 9.17) is 0 Å². The quantitative estimate of drug-likeness (QED) is 0.761. The first kappa shape index (κ1) is 12.5. The van der Waals surface area contributed by atoms with E-state index < -0.39 is 11.4 Å². The Kier molecular flexibility index (Phi) is 3.44. The highest BCUT2D eigenvalue weighted by atomic mass is 16.4. The number of carbonyl (C=O) groups is 1. The van der Waals surface area contributed by atoms with E-state index in [0.717, 1.165) is 25.9 Å². The minimum Gasteiger partial charge on any atom is -0.481 e. The van der Waals surface area contributed by atoms with Gasteiger partial charge in [-0.2, -0.15) is 0 Å². The molecule has 1 N–H and O–H groups in total. The maximum Gasteiger partial charge on any atom is 0.310 e. The van der Waals surface area contributed by atoms with E-state index in [1.807, 2.05) is 13.8 Å². The van der Waals surface area contributed by atoms with Gasteiger partial charge in [-0.3, -0.25) is 4.79 Å². The van der Waals surface area contributed by atoms with Crippen molar-refractivity contribution in [3.8, 4) is 0 Å². The molecule has 1 heterocycles. The molecule has 0 unspecified atom stereocenters. The van der Waals surface area contributed by atoms with Crippen LogP contribution in [0.4, 0.5) is 0 Å². The molecule has 3 heteroatoms. The van der Waals surface area contributed by atoms with Crippen molar-refractivity contribution in [2.75, 3.05) is 19.6 Å². The summed E-state index contributed by atoms with van der Waals surface area (Å²) in [5.74, 6) is -0.641. The van der Waals surface area contributed by atoms with Gasteiger partial charge in [0.15, 0.2) is 0 Å². The van der Waals surface area contributed by atoms with Gasteiger partial charge in [-0.25, -0.2) is 0 Å². The Balaban J connectivity index is 2.57. The third-order valence-electron chi connectivity index (χ3n) is 3.64. The highest BCUT2D eigenvalue weighted by Crippen LogP contribution is 2.35. The van der Waals surface area contributed by atoms with Crippen LogP contribution in [-0.2, 0) is 4.79 Å². The minimum atomic E-state index is -0.641. The maximum atomic E-state index is 11.3. The Labute approximate surface area is 92.5 Å². The first-order valence-electron chi connectivity index (χ1n) is 5.81. The second kappa shape index (κ2) is 4.12. The summed E-state index contributed by atoms with van der Waals surface area (Å²) in [4.78, 5) is 13.6. The molecule has 0 aliphatic carbocycles. The summed E-state index contributed by atoms with van der Waals surface area (Å²) in [7, 11) is 0. The fourth-order valence-corrected chi connectivity index (χ4v) is 2.55. The Morgan fingerprint density at radius 3 is 2.07 bits per heavy atom. The van der Waals surface area contributed by atoms with Gasteiger partial charge in [0.1, 0.15) is 0 Å². The SMILES string of the molecule is CCC(CC)(CN1CC(C)(C)C1)C(=O)O. The van der Waals surface area contributed by atoms with E-state index in [0.29, 0.717) is 12.0 Å². The fraction of sp³-hybridized carbons (Fsp3) is 0.917. The standard InChI is InChI=1S/C12H23NO2/c1-5-12(6-2,10(14)15)9-13-7-11(3,4)8-13/h5-9H2,1-4H3,(H,14,15). The fourth-order valence-electron chi connectivity index (χ4n) is 2.55. The Hall–Kier alpha value is -0.570. The van der Waals surface area contributed by atoms with Gasteiger partial charge in [-0.05, 0) is 18.3 Å². The van der Waals surface area contributed by atoms with Gasteiger partial charge in [0.05, 0.1) is 5.41 Å². The predicted molar refractivity (Wildman–Crippen MR) is 60.9 cm³/mol. The normalized spacial score (nSPS) is 21.1. The summed E-state index contributed by atoms with van der Waals surface area (Å²) in [6, 6.07) is 0. The van der Waals surface area contributed by atoms with Gasteiger partial charge in [0, 0.05) is 19.6 Å². The summed E-state index contributed by atoms with van der Waals surface area (Å²) < 4.78 is 0. The lowest BCUT2D eigenvalue weighted by Crippen LogP contribution is -2.57. The molecule has 0 bridgehead atoms. The number of rotatable bonds is 5. The van der Waals surface area contributed by atoms with Gasteiger partial charge in [0.25, 0.3) is 0 Å². The average molecular weight is 213 g/mol. The van der Waals surface area contributed by atoms with E-state index in [9.17, 15) is 9.90 Å². The van der Waals surface area contributed by atoms with E-state index >= 15 is 0 Å². The number of nitrogens with zero attached hydrogens (tertiary/aromatic N) is 1.